The molecule has 0 amide bonds. The highest BCUT2D eigenvalue weighted by atomic mass is 16.5. The first-order valence-electron chi connectivity index (χ1n) is 5.93. The van der Waals surface area contributed by atoms with Crippen molar-refractivity contribution in [3.63, 3.8) is 0 Å². The molecule has 2 heteroatoms. The Balaban J connectivity index is 1.95. The van der Waals surface area contributed by atoms with Crippen molar-refractivity contribution >= 4 is 0 Å². The molecule has 2 nitrogen and oxygen atoms in total. The first-order chi connectivity index (χ1) is 6.74. The van der Waals surface area contributed by atoms with Gasteiger partial charge in [-0.1, -0.05) is 0 Å². The molecule has 0 aliphatic heterocycles. The molecule has 3 rings (SSSR count). The van der Waals surface area contributed by atoms with Gasteiger partial charge in [0, 0.05) is 13.2 Å². The number of aliphatic hydroxyl groups excluding tert-OH is 1. The number of ether oxygens (including phenoxy) is 1. The van der Waals surface area contributed by atoms with E-state index in [0.29, 0.717) is 17.4 Å². The van der Waals surface area contributed by atoms with Gasteiger partial charge in [0.1, 0.15) is 0 Å². The van der Waals surface area contributed by atoms with Crippen molar-refractivity contribution in [2.24, 2.45) is 10.8 Å². The summed E-state index contributed by atoms with van der Waals surface area (Å²) in [5.74, 6) is 0. The average Bonchev–Trinajstić information content (AvgIpc) is 2.29. The Kier molecular flexibility index (Phi) is 2.85. The Bertz CT molecular complexity index is 176. The fraction of sp³-hybridized carbons (Fsp3) is 1.00. The van der Waals surface area contributed by atoms with E-state index in [1.807, 2.05) is 0 Å². The van der Waals surface area contributed by atoms with Crippen LogP contribution >= 0.6 is 0 Å². The summed E-state index contributed by atoms with van der Waals surface area (Å²) in [4.78, 5) is 0. The molecule has 82 valence electrons. The molecule has 0 radical (unpaired) electrons. The molecule has 3 saturated carbocycles. The van der Waals surface area contributed by atoms with Crippen LogP contribution in [0.4, 0.5) is 0 Å². The standard InChI is InChI=1S/C12H22O2/c1-2-14-10-12-6-3-11(9-13,4-7-12)5-8-12/h13H,2-10H2,1H3. The predicted octanol–water partition coefficient (Wildman–Crippen LogP) is 2.36. The van der Waals surface area contributed by atoms with E-state index < -0.39 is 0 Å². The van der Waals surface area contributed by atoms with Gasteiger partial charge in [0.25, 0.3) is 0 Å². The van der Waals surface area contributed by atoms with E-state index >= 15 is 0 Å². The minimum absolute atomic E-state index is 0.300. The topological polar surface area (TPSA) is 29.5 Å². The van der Waals surface area contributed by atoms with Crippen LogP contribution in [0.2, 0.25) is 0 Å². The third kappa shape index (κ3) is 1.70. The van der Waals surface area contributed by atoms with Gasteiger partial charge in [-0.25, -0.2) is 0 Å². The average molecular weight is 198 g/mol. The quantitative estimate of drug-likeness (QED) is 0.751. The summed E-state index contributed by atoms with van der Waals surface area (Å²) in [6, 6.07) is 0. The van der Waals surface area contributed by atoms with Crippen LogP contribution in [0.15, 0.2) is 0 Å². The molecule has 3 aliphatic carbocycles. The molecule has 0 aromatic heterocycles. The third-order valence-corrected chi connectivity index (χ3v) is 4.50. The lowest BCUT2D eigenvalue weighted by Gasteiger charge is -2.52. The number of hydrogen-bond donors (Lipinski definition) is 1. The van der Waals surface area contributed by atoms with Crippen LogP contribution in [-0.2, 0) is 4.74 Å². The Morgan fingerprint density at radius 2 is 1.50 bits per heavy atom. The second-order valence-corrected chi connectivity index (χ2v) is 5.30. The number of rotatable bonds is 4. The molecular weight excluding hydrogens is 176 g/mol. The second kappa shape index (κ2) is 3.82. The monoisotopic (exact) mass is 198 g/mol. The highest BCUT2D eigenvalue weighted by Gasteiger charge is 2.48. The third-order valence-electron chi connectivity index (χ3n) is 4.50. The van der Waals surface area contributed by atoms with E-state index in [2.05, 4.69) is 6.92 Å². The van der Waals surface area contributed by atoms with Crippen LogP contribution in [0.1, 0.15) is 45.4 Å². The maximum Gasteiger partial charge on any atom is 0.0522 e. The SMILES string of the molecule is CCOCC12CCC(CO)(CC1)CC2. The van der Waals surface area contributed by atoms with Gasteiger partial charge in [0.05, 0.1) is 6.61 Å². The van der Waals surface area contributed by atoms with E-state index in [-0.39, 0.29) is 0 Å². The Morgan fingerprint density at radius 1 is 1.00 bits per heavy atom. The summed E-state index contributed by atoms with van der Waals surface area (Å²) in [7, 11) is 0. The van der Waals surface area contributed by atoms with Crippen molar-refractivity contribution in [2.45, 2.75) is 45.4 Å². The normalized spacial score (nSPS) is 41.6. The Morgan fingerprint density at radius 3 is 1.93 bits per heavy atom. The molecule has 0 aromatic rings. The van der Waals surface area contributed by atoms with Gasteiger partial charge < -0.3 is 9.84 Å². The second-order valence-electron chi connectivity index (χ2n) is 5.30. The van der Waals surface area contributed by atoms with Gasteiger partial charge in [-0.15, -0.1) is 0 Å². The van der Waals surface area contributed by atoms with Crippen LogP contribution in [0, 0.1) is 10.8 Å². The van der Waals surface area contributed by atoms with Crippen molar-refractivity contribution in [3.8, 4) is 0 Å². The van der Waals surface area contributed by atoms with E-state index in [9.17, 15) is 5.11 Å². The minimum Gasteiger partial charge on any atom is -0.396 e. The van der Waals surface area contributed by atoms with Gasteiger partial charge in [-0.2, -0.15) is 0 Å². The maximum absolute atomic E-state index is 9.39. The van der Waals surface area contributed by atoms with Gasteiger partial charge in [0.2, 0.25) is 0 Å². The van der Waals surface area contributed by atoms with E-state index in [4.69, 9.17) is 4.74 Å². The van der Waals surface area contributed by atoms with Crippen LogP contribution in [0.25, 0.3) is 0 Å². The number of fused-ring (bicyclic) bond motifs is 3. The number of hydrogen-bond acceptors (Lipinski definition) is 2. The van der Waals surface area contributed by atoms with E-state index in [0.717, 1.165) is 13.2 Å². The van der Waals surface area contributed by atoms with Crippen molar-refractivity contribution < 1.29 is 9.84 Å². The predicted molar refractivity (Wildman–Crippen MR) is 56.1 cm³/mol. The smallest absolute Gasteiger partial charge is 0.0522 e. The zero-order valence-corrected chi connectivity index (χ0v) is 9.22. The van der Waals surface area contributed by atoms with Crippen molar-refractivity contribution in [1.29, 1.82) is 0 Å². The van der Waals surface area contributed by atoms with Crippen LogP contribution in [0.3, 0.4) is 0 Å². The molecule has 0 atom stereocenters. The number of aliphatic hydroxyl groups is 1. The highest BCUT2D eigenvalue weighted by molar-refractivity contribution is 4.99. The van der Waals surface area contributed by atoms with Crippen LogP contribution in [0.5, 0.6) is 0 Å². The Hall–Kier alpha value is -0.0800. The molecule has 0 aromatic carbocycles. The fourth-order valence-electron chi connectivity index (χ4n) is 3.11. The lowest BCUT2D eigenvalue weighted by atomic mass is 9.54. The molecule has 0 spiro atoms. The molecule has 2 bridgehead atoms. The summed E-state index contributed by atoms with van der Waals surface area (Å²) < 4.78 is 5.60. The van der Waals surface area contributed by atoms with Crippen LogP contribution < -0.4 is 0 Å². The molecule has 0 saturated heterocycles. The zero-order chi connectivity index (χ0) is 10.1. The molecule has 0 heterocycles. The summed E-state index contributed by atoms with van der Waals surface area (Å²) in [6.45, 7) is 4.26. The van der Waals surface area contributed by atoms with Gasteiger partial charge in [-0.05, 0) is 56.3 Å². The minimum atomic E-state index is 0.300. The molecule has 14 heavy (non-hydrogen) atoms. The molecular formula is C12H22O2. The first-order valence-corrected chi connectivity index (χ1v) is 5.93. The maximum atomic E-state index is 9.39. The first kappa shape index (κ1) is 10.4. The van der Waals surface area contributed by atoms with Crippen molar-refractivity contribution in [1.82, 2.24) is 0 Å². The Labute approximate surface area is 86.6 Å². The zero-order valence-electron chi connectivity index (χ0n) is 9.22. The van der Waals surface area contributed by atoms with Gasteiger partial charge in [0.15, 0.2) is 0 Å². The van der Waals surface area contributed by atoms with Crippen molar-refractivity contribution in [2.75, 3.05) is 19.8 Å². The summed E-state index contributed by atoms with van der Waals surface area (Å²) in [5, 5.41) is 9.39. The molecule has 3 fully saturated rings. The fourth-order valence-corrected chi connectivity index (χ4v) is 3.11. The lowest BCUT2D eigenvalue weighted by molar-refractivity contribution is -0.0800. The molecule has 1 N–H and O–H groups in total. The largest absolute Gasteiger partial charge is 0.396 e. The van der Waals surface area contributed by atoms with Crippen LogP contribution in [-0.4, -0.2) is 24.9 Å². The van der Waals surface area contributed by atoms with Gasteiger partial charge >= 0.3 is 0 Å². The van der Waals surface area contributed by atoms with E-state index in [1.54, 1.807) is 0 Å². The summed E-state index contributed by atoms with van der Waals surface area (Å²) >= 11 is 0. The summed E-state index contributed by atoms with van der Waals surface area (Å²) in [6.07, 6.45) is 7.47. The van der Waals surface area contributed by atoms with E-state index in [1.165, 1.54) is 38.5 Å². The van der Waals surface area contributed by atoms with Crippen molar-refractivity contribution in [3.05, 3.63) is 0 Å². The highest BCUT2D eigenvalue weighted by Crippen LogP contribution is 2.56. The molecule has 3 aliphatic rings. The van der Waals surface area contributed by atoms with Gasteiger partial charge in [-0.3, -0.25) is 0 Å². The lowest BCUT2D eigenvalue weighted by Crippen LogP contribution is -2.45. The molecule has 0 unspecified atom stereocenters. The summed E-state index contributed by atoms with van der Waals surface area (Å²) in [5.41, 5.74) is 0.779.